The van der Waals surface area contributed by atoms with Crippen LogP contribution in [0.2, 0.25) is 0 Å². The van der Waals surface area contributed by atoms with Crippen LogP contribution in [-0.4, -0.2) is 33.6 Å². The molecule has 1 aromatic carbocycles. The Balaban J connectivity index is 2.17. The van der Waals surface area contributed by atoms with E-state index in [0.717, 1.165) is 33.9 Å². The number of hydrogen-bond acceptors (Lipinski definition) is 4. The lowest BCUT2D eigenvalue weighted by atomic mass is 10.1. The number of ether oxygens (including phenoxy) is 1. The van der Waals surface area contributed by atoms with Gasteiger partial charge in [0.2, 0.25) is 0 Å². The van der Waals surface area contributed by atoms with Gasteiger partial charge in [0.15, 0.2) is 0 Å². The van der Waals surface area contributed by atoms with Crippen LogP contribution < -0.4 is 10.5 Å². The largest absolute Gasteiger partial charge is 0.497 e. The number of carboxylic acid groups (broad SMARTS) is 1. The van der Waals surface area contributed by atoms with Crippen molar-refractivity contribution in [3.05, 3.63) is 53.9 Å². The van der Waals surface area contributed by atoms with Crippen molar-refractivity contribution < 1.29 is 14.6 Å². The van der Waals surface area contributed by atoms with E-state index in [1.54, 1.807) is 7.11 Å². The highest BCUT2D eigenvalue weighted by Gasteiger charge is 2.21. The fraction of sp³-hybridized carbons (Fsp3) is 0.222. The van der Waals surface area contributed by atoms with Gasteiger partial charge in [-0.2, -0.15) is 0 Å². The summed E-state index contributed by atoms with van der Waals surface area (Å²) in [6, 6.07) is 10.4. The molecule has 6 heteroatoms. The summed E-state index contributed by atoms with van der Waals surface area (Å²) in [6.45, 7) is 1.97. The van der Waals surface area contributed by atoms with Gasteiger partial charge in [0, 0.05) is 18.2 Å². The van der Waals surface area contributed by atoms with Crippen molar-refractivity contribution in [1.29, 1.82) is 0 Å². The predicted molar refractivity (Wildman–Crippen MR) is 91.2 cm³/mol. The maximum atomic E-state index is 11.2. The fourth-order valence-electron chi connectivity index (χ4n) is 2.72. The average molecular weight is 325 g/mol. The second kappa shape index (κ2) is 6.33. The highest BCUT2D eigenvalue weighted by molar-refractivity contribution is 5.75. The maximum absolute atomic E-state index is 11.2. The third-order valence-electron chi connectivity index (χ3n) is 4.04. The van der Waals surface area contributed by atoms with Crippen LogP contribution in [0.3, 0.4) is 0 Å². The predicted octanol–water partition coefficient (Wildman–Crippen LogP) is 2.27. The topological polar surface area (TPSA) is 89.9 Å². The first-order valence-corrected chi connectivity index (χ1v) is 7.60. The summed E-state index contributed by atoms with van der Waals surface area (Å²) in [5.74, 6) is -0.277. The normalized spacial score (nSPS) is 12.3. The lowest BCUT2D eigenvalue weighted by Gasteiger charge is -2.09. The van der Waals surface area contributed by atoms with Crippen molar-refractivity contribution in [2.24, 2.45) is 5.73 Å². The smallest absolute Gasteiger partial charge is 0.320 e. The first-order valence-electron chi connectivity index (χ1n) is 7.60. The number of methoxy groups -OCH3 is 1. The zero-order valence-electron chi connectivity index (χ0n) is 13.6. The molecule has 2 heterocycles. The fourth-order valence-corrected chi connectivity index (χ4v) is 2.72. The molecule has 0 amide bonds. The third-order valence-corrected chi connectivity index (χ3v) is 4.04. The summed E-state index contributed by atoms with van der Waals surface area (Å²) < 4.78 is 7.10. The standard InChI is InChI=1S/C18H19N3O3/c1-11-4-3-9-21-15(10-14(19)18(22)23)16(20-17(11)21)12-5-7-13(24-2)8-6-12/h3-9,14H,10,19H2,1-2H3,(H,22,23). The number of aliphatic carboxylic acids is 1. The number of aromatic nitrogens is 2. The zero-order chi connectivity index (χ0) is 17.3. The van der Waals surface area contributed by atoms with E-state index in [0.29, 0.717) is 0 Å². The van der Waals surface area contributed by atoms with E-state index < -0.39 is 12.0 Å². The van der Waals surface area contributed by atoms with Crippen LogP contribution >= 0.6 is 0 Å². The number of pyridine rings is 1. The molecule has 124 valence electrons. The van der Waals surface area contributed by atoms with Crippen LogP contribution in [0.1, 0.15) is 11.3 Å². The van der Waals surface area contributed by atoms with Gasteiger partial charge in [0.25, 0.3) is 0 Å². The van der Waals surface area contributed by atoms with E-state index in [9.17, 15) is 4.79 Å². The highest BCUT2D eigenvalue weighted by Crippen LogP contribution is 2.28. The highest BCUT2D eigenvalue weighted by atomic mass is 16.5. The minimum absolute atomic E-state index is 0.196. The SMILES string of the molecule is COc1ccc(-c2nc3c(C)cccn3c2CC(N)C(=O)O)cc1. The van der Waals surface area contributed by atoms with Crippen molar-refractivity contribution in [1.82, 2.24) is 9.38 Å². The van der Waals surface area contributed by atoms with Crippen LogP contribution in [0.25, 0.3) is 16.9 Å². The van der Waals surface area contributed by atoms with E-state index in [1.165, 1.54) is 0 Å². The average Bonchev–Trinajstić information content (AvgIpc) is 2.95. The van der Waals surface area contributed by atoms with Crippen molar-refractivity contribution in [3.8, 4) is 17.0 Å². The molecule has 3 rings (SSSR count). The van der Waals surface area contributed by atoms with Gasteiger partial charge < -0.3 is 20.0 Å². The molecule has 0 saturated heterocycles. The number of carboxylic acids is 1. The van der Waals surface area contributed by atoms with E-state index in [-0.39, 0.29) is 6.42 Å². The molecule has 0 aliphatic rings. The Morgan fingerprint density at radius 2 is 2.04 bits per heavy atom. The van der Waals surface area contributed by atoms with Gasteiger partial charge in [-0.1, -0.05) is 6.07 Å². The second-order valence-electron chi connectivity index (χ2n) is 5.67. The van der Waals surface area contributed by atoms with Gasteiger partial charge in [0.1, 0.15) is 17.4 Å². The number of fused-ring (bicyclic) bond motifs is 1. The molecule has 1 atom stereocenters. The summed E-state index contributed by atoms with van der Waals surface area (Å²) in [7, 11) is 1.61. The molecule has 6 nitrogen and oxygen atoms in total. The lowest BCUT2D eigenvalue weighted by Crippen LogP contribution is -2.32. The molecule has 2 aromatic heterocycles. The molecule has 3 N–H and O–H groups in total. The summed E-state index contributed by atoms with van der Waals surface area (Å²) >= 11 is 0. The number of rotatable bonds is 5. The van der Waals surface area contributed by atoms with Gasteiger partial charge in [-0.3, -0.25) is 4.79 Å². The molecule has 3 aromatic rings. The summed E-state index contributed by atoms with van der Waals surface area (Å²) in [6.07, 6.45) is 2.08. The monoisotopic (exact) mass is 325 g/mol. The van der Waals surface area contributed by atoms with Crippen molar-refractivity contribution >= 4 is 11.6 Å². The molecule has 0 spiro atoms. The molecule has 24 heavy (non-hydrogen) atoms. The molecule has 0 radical (unpaired) electrons. The van der Waals surface area contributed by atoms with E-state index in [4.69, 9.17) is 20.6 Å². The second-order valence-corrected chi connectivity index (χ2v) is 5.67. The summed E-state index contributed by atoms with van der Waals surface area (Å²) in [4.78, 5) is 15.9. The van der Waals surface area contributed by atoms with Crippen molar-refractivity contribution in [2.75, 3.05) is 7.11 Å². The van der Waals surface area contributed by atoms with Gasteiger partial charge in [-0.15, -0.1) is 0 Å². The van der Waals surface area contributed by atoms with E-state index in [1.807, 2.05) is 53.9 Å². The van der Waals surface area contributed by atoms with Crippen LogP contribution in [0.15, 0.2) is 42.6 Å². The quantitative estimate of drug-likeness (QED) is 0.751. The maximum Gasteiger partial charge on any atom is 0.320 e. The number of hydrogen-bond donors (Lipinski definition) is 2. The number of benzene rings is 1. The molecule has 0 aliphatic carbocycles. The molecule has 0 saturated carbocycles. The Kier molecular flexibility index (Phi) is 4.22. The molecule has 0 fully saturated rings. The van der Waals surface area contributed by atoms with E-state index >= 15 is 0 Å². The van der Waals surface area contributed by atoms with Crippen LogP contribution in [0.5, 0.6) is 5.75 Å². The first kappa shape index (κ1) is 16.0. The third kappa shape index (κ3) is 2.83. The number of nitrogens with zero attached hydrogens (tertiary/aromatic N) is 2. The number of carbonyl (C=O) groups is 1. The molecule has 0 bridgehead atoms. The Bertz CT molecular complexity index is 884. The number of nitrogens with two attached hydrogens (primary N) is 1. The van der Waals surface area contributed by atoms with Gasteiger partial charge in [-0.05, 0) is 42.8 Å². The first-order chi connectivity index (χ1) is 11.5. The van der Waals surface area contributed by atoms with Gasteiger partial charge >= 0.3 is 5.97 Å². The minimum atomic E-state index is -1.03. The summed E-state index contributed by atoms with van der Waals surface area (Å²) in [5, 5.41) is 9.17. The lowest BCUT2D eigenvalue weighted by molar-refractivity contribution is -0.138. The zero-order valence-corrected chi connectivity index (χ0v) is 13.6. The molecular weight excluding hydrogens is 306 g/mol. The number of imidazole rings is 1. The van der Waals surface area contributed by atoms with Gasteiger partial charge in [-0.25, -0.2) is 4.98 Å². The Hall–Kier alpha value is -2.86. The van der Waals surface area contributed by atoms with Crippen molar-refractivity contribution in [3.63, 3.8) is 0 Å². The Morgan fingerprint density at radius 1 is 1.33 bits per heavy atom. The molecular formula is C18H19N3O3. The van der Waals surface area contributed by atoms with Crippen LogP contribution in [-0.2, 0) is 11.2 Å². The van der Waals surface area contributed by atoms with E-state index in [2.05, 4.69) is 0 Å². The molecule has 1 unspecified atom stereocenters. The van der Waals surface area contributed by atoms with Crippen LogP contribution in [0.4, 0.5) is 0 Å². The minimum Gasteiger partial charge on any atom is -0.497 e. The molecule has 0 aliphatic heterocycles. The number of aryl methyl sites for hydroxylation is 1. The van der Waals surface area contributed by atoms with Gasteiger partial charge in [0.05, 0.1) is 18.5 Å². The Labute approximate surface area is 139 Å². The van der Waals surface area contributed by atoms with Crippen molar-refractivity contribution in [2.45, 2.75) is 19.4 Å². The summed E-state index contributed by atoms with van der Waals surface area (Å²) in [5.41, 5.74) is 10.0. The van der Waals surface area contributed by atoms with Crippen LogP contribution in [0, 0.1) is 6.92 Å². The Morgan fingerprint density at radius 3 is 2.67 bits per heavy atom.